The van der Waals surface area contributed by atoms with Gasteiger partial charge in [-0.3, -0.25) is 14.6 Å². The third kappa shape index (κ3) is 5.17. The van der Waals surface area contributed by atoms with Gasteiger partial charge in [0.05, 0.1) is 6.10 Å². The van der Waals surface area contributed by atoms with Crippen LogP contribution in [0.3, 0.4) is 0 Å². The standard InChI is InChI=1S/C18H20N4O4/c1-10(2)26-18(25)14(17(23)24)9-20-15-5-6-19-16(22-15)13-7-11(3)21-12(4)8-13/h5-10,14H,1-4H3,(H,23,24). The van der Waals surface area contributed by atoms with Gasteiger partial charge >= 0.3 is 11.9 Å². The molecule has 0 aliphatic carbocycles. The average Bonchev–Trinajstić information content (AvgIpc) is 2.53. The normalized spacial score (nSPS) is 12.3. The molecule has 0 radical (unpaired) electrons. The molecule has 26 heavy (non-hydrogen) atoms. The number of pyridine rings is 1. The third-order valence-electron chi connectivity index (χ3n) is 3.21. The first-order valence-corrected chi connectivity index (χ1v) is 8.02. The van der Waals surface area contributed by atoms with E-state index >= 15 is 0 Å². The van der Waals surface area contributed by atoms with Crippen molar-refractivity contribution in [2.45, 2.75) is 33.8 Å². The number of aromatic nitrogens is 3. The molecule has 2 aromatic rings. The Bertz CT molecular complexity index is 829. The van der Waals surface area contributed by atoms with E-state index < -0.39 is 24.0 Å². The fraction of sp³-hybridized carbons (Fsp3) is 0.333. The maximum absolute atomic E-state index is 11.8. The van der Waals surface area contributed by atoms with Gasteiger partial charge in [0, 0.05) is 35.4 Å². The molecule has 0 aliphatic heterocycles. The molecule has 0 aliphatic rings. The van der Waals surface area contributed by atoms with Crippen molar-refractivity contribution in [3.8, 4) is 11.4 Å². The first-order valence-electron chi connectivity index (χ1n) is 8.02. The molecule has 0 spiro atoms. The highest BCUT2D eigenvalue weighted by Gasteiger charge is 2.26. The zero-order valence-corrected chi connectivity index (χ0v) is 15.0. The quantitative estimate of drug-likeness (QED) is 0.480. The Hall–Kier alpha value is -3.16. The van der Waals surface area contributed by atoms with Gasteiger partial charge in [0.25, 0.3) is 0 Å². The summed E-state index contributed by atoms with van der Waals surface area (Å²) in [6, 6.07) is 5.21. The van der Waals surface area contributed by atoms with Gasteiger partial charge in [-0.05, 0) is 39.8 Å². The molecule has 0 amide bonds. The number of hydrogen-bond donors (Lipinski definition) is 1. The number of esters is 1. The molecule has 0 bridgehead atoms. The molecule has 8 nitrogen and oxygen atoms in total. The SMILES string of the molecule is Cc1cc(-c2nccc(N=CC(C(=O)O)C(=O)OC(C)C)n2)cc(C)n1. The maximum Gasteiger partial charge on any atom is 0.326 e. The van der Waals surface area contributed by atoms with Crippen LogP contribution in [0.4, 0.5) is 5.82 Å². The second-order valence-corrected chi connectivity index (χ2v) is 5.96. The molecule has 0 aromatic carbocycles. The van der Waals surface area contributed by atoms with Crippen LogP contribution in [-0.4, -0.2) is 44.3 Å². The number of carbonyl (C=O) groups excluding carboxylic acids is 1. The second-order valence-electron chi connectivity index (χ2n) is 5.96. The van der Waals surface area contributed by atoms with Crippen LogP contribution < -0.4 is 0 Å². The number of carboxylic acid groups (broad SMARTS) is 1. The predicted octanol–water partition coefficient (Wildman–Crippen LogP) is 2.51. The van der Waals surface area contributed by atoms with Crippen molar-refractivity contribution in [2.75, 3.05) is 0 Å². The molecule has 0 fully saturated rings. The Balaban J connectivity index is 2.27. The van der Waals surface area contributed by atoms with E-state index in [4.69, 9.17) is 4.74 Å². The summed E-state index contributed by atoms with van der Waals surface area (Å²) < 4.78 is 4.93. The summed E-state index contributed by atoms with van der Waals surface area (Å²) >= 11 is 0. The van der Waals surface area contributed by atoms with Crippen LogP contribution in [0.5, 0.6) is 0 Å². The van der Waals surface area contributed by atoms with Gasteiger partial charge in [-0.2, -0.15) is 0 Å². The highest BCUT2D eigenvalue weighted by molar-refractivity contribution is 6.08. The van der Waals surface area contributed by atoms with E-state index in [1.807, 2.05) is 26.0 Å². The van der Waals surface area contributed by atoms with Crippen molar-refractivity contribution in [2.24, 2.45) is 10.9 Å². The largest absolute Gasteiger partial charge is 0.480 e. The van der Waals surface area contributed by atoms with Crippen LogP contribution >= 0.6 is 0 Å². The lowest BCUT2D eigenvalue weighted by Gasteiger charge is -2.10. The van der Waals surface area contributed by atoms with Crippen molar-refractivity contribution in [3.63, 3.8) is 0 Å². The molecule has 2 rings (SSSR count). The molecular weight excluding hydrogens is 336 g/mol. The number of ether oxygens (including phenoxy) is 1. The molecule has 2 heterocycles. The van der Waals surface area contributed by atoms with Crippen molar-refractivity contribution in [3.05, 3.63) is 35.8 Å². The highest BCUT2D eigenvalue weighted by atomic mass is 16.5. The minimum atomic E-state index is -1.50. The molecule has 1 atom stereocenters. The molecule has 136 valence electrons. The highest BCUT2D eigenvalue weighted by Crippen LogP contribution is 2.19. The average molecular weight is 356 g/mol. The molecule has 2 aromatic heterocycles. The number of carbonyl (C=O) groups is 2. The second kappa shape index (κ2) is 8.28. The fourth-order valence-corrected chi connectivity index (χ4v) is 2.21. The van der Waals surface area contributed by atoms with Crippen LogP contribution in [0.15, 0.2) is 29.4 Å². The Morgan fingerprint density at radius 2 is 1.85 bits per heavy atom. The molecule has 1 N–H and O–H groups in total. The van der Waals surface area contributed by atoms with Gasteiger partial charge in [0.2, 0.25) is 0 Å². The van der Waals surface area contributed by atoms with E-state index in [0.717, 1.165) is 23.2 Å². The Morgan fingerprint density at radius 1 is 1.19 bits per heavy atom. The van der Waals surface area contributed by atoms with Crippen molar-refractivity contribution in [1.29, 1.82) is 0 Å². The Morgan fingerprint density at radius 3 is 2.42 bits per heavy atom. The predicted molar refractivity (Wildman–Crippen MR) is 95.2 cm³/mol. The van der Waals surface area contributed by atoms with Crippen LogP contribution in [-0.2, 0) is 14.3 Å². The minimum absolute atomic E-state index is 0.241. The number of rotatable bonds is 6. The zero-order valence-electron chi connectivity index (χ0n) is 15.0. The summed E-state index contributed by atoms with van der Waals surface area (Å²) in [6.07, 6.45) is 2.12. The topological polar surface area (TPSA) is 115 Å². The Kier molecular flexibility index (Phi) is 6.11. The smallest absolute Gasteiger partial charge is 0.326 e. The molecule has 1 unspecified atom stereocenters. The fourth-order valence-electron chi connectivity index (χ4n) is 2.21. The summed E-state index contributed by atoms with van der Waals surface area (Å²) in [4.78, 5) is 39.9. The number of nitrogens with zero attached hydrogens (tertiary/aromatic N) is 4. The summed E-state index contributed by atoms with van der Waals surface area (Å²) in [5.41, 5.74) is 2.45. The number of hydrogen-bond acceptors (Lipinski definition) is 7. The Labute approximate surface area is 151 Å². The van der Waals surface area contributed by atoms with Crippen LogP contribution in [0, 0.1) is 19.8 Å². The first-order chi connectivity index (χ1) is 12.3. The van der Waals surface area contributed by atoms with Crippen LogP contribution in [0.25, 0.3) is 11.4 Å². The summed E-state index contributed by atoms with van der Waals surface area (Å²) in [6.45, 7) is 7.03. The number of aliphatic imine (C=N–C) groups is 1. The first kappa shape index (κ1) is 19.2. The number of aliphatic carboxylic acids is 1. The van der Waals surface area contributed by atoms with Crippen molar-refractivity contribution < 1.29 is 19.4 Å². The summed E-state index contributed by atoms with van der Waals surface area (Å²) in [5, 5.41) is 9.20. The van der Waals surface area contributed by atoms with E-state index in [1.165, 1.54) is 12.3 Å². The molecule has 8 heteroatoms. The lowest BCUT2D eigenvalue weighted by atomic mass is 10.2. The third-order valence-corrected chi connectivity index (χ3v) is 3.21. The molecule has 0 saturated heterocycles. The van der Waals surface area contributed by atoms with Gasteiger partial charge in [-0.1, -0.05) is 0 Å². The van der Waals surface area contributed by atoms with Gasteiger partial charge in [0.1, 0.15) is 0 Å². The van der Waals surface area contributed by atoms with Crippen molar-refractivity contribution in [1.82, 2.24) is 15.0 Å². The van der Waals surface area contributed by atoms with Gasteiger partial charge < -0.3 is 9.84 Å². The lowest BCUT2D eigenvalue weighted by molar-refractivity contribution is -0.157. The lowest BCUT2D eigenvalue weighted by Crippen LogP contribution is -2.29. The van der Waals surface area contributed by atoms with E-state index in [-0.39, 0.29) is 5.82 Å². The summed E-state index contributed by atoms with van der Waals surface area (Å²) in [5.74, 6) is -3.03. The van der Waals surface area contributed by atoms with E-state index in [0.29, 0.717) is 5.82 Å². The molecular formula is C18H20N4O4. The zero-order chi connectivity index (χ0) is 19.3. The van der Waals surface area contributed by atoms with Crippen molar-refractivity contribution >= 4 is 24.0 Å². The van der Waals surface area contributed by atoms with E-state index in [9.17, 15) is 14.7 Å². The monoisotopic (exact) mass is 356 g/mol. The number of aryl methyl sites for hydroxylation is 2. The van der Waals surface area contributed by atoms with E-state index in [1.54, 1.807) is 13.8 Å². The number of carboxylic acids is 1. The minimum Gasteiger partial charge on any atom is -0.480 e. The van der Waals surface area contributed by atoms with Crippen LogP contribution in [0.1, 0.15) is 25.2 Å². The summed E-state index contributed by atoms with van der Waals surface area (Å²) in [7, 11) is 0. The van der Waals surface area contributed by atoms with E-state index in [2.05, 4.69) is 19.9 Å². The molecule has 0 saturated carbocycles. The maximum atomic E-state index is 11.8. The van der Waals surface area contributed by atoms with Gasteiger partial charge in [0.15, 0.2) is 17.6 Å². The van der Waals surface area contributed by atoms with Gasteiger partial charge in [-0.25, -0.2) is 15.0 Å². The van der Waals surface area contributed by atoms with Crippen LogP contribution in [0.2, 0.25) is 0 Å². The van der Waals surface area contributed by atoms with Gasteiger partial charge in [-0.15, -0.1) is 0 Å².